The number of halogens is 3. The number of rotatable bonds is 16. The lowest BCUT2D eigenvalue weighted by atomic mass is 10.0. The van der Waals surface area contributed by atoms with Crippen LogP contribution < -0.4 is 20.0 Å². The van der Waals surface area contributed by atoms with E-state index in [-0.39, 0.29) is 0 Å². The molecule has 146 heavy (non-hydrogen) atoms. The first kappa shape index (κ1) is 90.5. The molecule has 6 aromatic heterocycles. The molecule has 0 atom stereocenters. The van der Waals surface area contributed by atoms with Crippen LogP contribution in [0.25, 0.3) is 165 Å². The van der Waals surface area contributed by atoms with Crippen molar-refractivity contribution in [1.29, 1.82) is 0 Å². The molecule has 28 aromatic rings. The predicted octanol–water partition coefficient (Wildman–Crippen LogP) is 40.6. The van der Waals surface area contributed by atoms with Gasteiger partial charge in [0.05, 0.1) is 21.1 Å². The summed E-state index contributed by atoms with van der Waals surface area (Å²) >= 11 is 16.1. The first-order valence-electron chi connectivity index (χ1n) is 48.5. The summed E-state index contributed by atoms with van der Waals surface area (Å²) in [4.78, 5) is 6.81. The van der Waals surface area contributed by atoms with E-state index in [1.165, 1.54) is 11.1 Å². The van der Waals surface area contributed by atoms with Crippen molar-refractivity contribution in [3.05, 3.63) is 547 Å². The number of furan rings is 6. The third-order valence-electron chi connectivity index (χ3n) is 26.5. The Balaban J connectivity index is 0.000000107. The summed E-state index contributed by atoms with van der Waals surface area (Å²) in [5.41, 5.74) is 31.4. The minimum atomic E-state index is 0.693. The van der Waals surface area contributed by atoms with Crippen LogP contribution in [0.1, 0.15) is 11.1 Å². The summed E-state index contributed by atoms with van der Waals surface area (Å²) in [6.07, 6.45) is 1.03. The predicted molar refractivity (Wildman–Crippen MR) is 613 cm³/mol. The van der Waals surface area contributed by atoms with Crippen molar-refractivity contribution in [3.63, 3.8) is 0 Å². The lowest BCUT2D eigenvalue weighted by Crippen LogP contribution is -2.10. The van der Waals surface area contributed by atoms with Crippen LogP contribution in [0.2, 0.25) is 10.0 Å². The van der Waals surface area contributed by atoms with Gasteiger partial charge in [0.2, 0.25) is 0 Å². The van der Waals surface area contributed by atoms with Gasteiger partial charge in [-0.05, 0) is 228 Å². The van der Waals surface area contributed by atoms with E-state index in [4.69, 9.17) is 49.7 Å². The second-order valence-corrected chi connectivity index (χ2v) is 37.4. The molecule has 13 heteroatoms. The number of benzene rings is 22. The topological polar surface area (TPSA) is 101 Å². The van der Waals surface area contributed by atoms with Gasteiger partial charge in [-0.2, -0.15) is 0 Å². The number of para-hydroxylation sites is 11. The largest absolute Gasteiger partial charge is 0.456 e. The van der Waals surface area contributed by atoms with Crippen molar-refractivity contribution in [2.75, 3.05) is 20.0 Å². The SMILES string of the molecule is Clc1cccc2oc3cc(Br)ccc3c12.Clc1cccc2oc3cc(N(c4ccccc4)c4ccc(-c5cccc6c5oc5ccccc56)cc4)ccc3c12.c1ccc(Cc2ccccc2)cc1.c1ccc(N(c2ccc(-c3cccc4c3oc3ccccc34)cc2)c2ccc3c(c2)oc2cccc(N(c4ccccc4)c4ccccc4)c23)cc1.c1ccc(Nc2ccc(-c3cccc4c3oc3ccccc34)cc2)cc1. The number of nitrogens with one attached hydrogen (secondary N) is 1. The van der Waals surface area contributed by atoms with Gasteiger partial charge in [0.25, 0.3) is 0 Å². The van der Waals surface area contributed by atoms with E-state index in [1.54, 1.807) is 0 Å². The van der Waals surface area contributed by atoms with Crippen LogP contribution in [-0.4, -0.2) is 0 Å². The molecule has 0 aliphatic heterocycles. The number of nitrogens with zero attached hydrogens (tertiary/aromatic N) is 3. The molecule has 10 nitrogen and oxygen atoms in total. The summed E-state index contributed by atoms with van der Waals surface area (Å²) in [6.45, 7) is 0. The fraction of sp³-hybridized carbons (Fsp3) is 0.00752. The highest BCUT2D eigenvalue weighted by molar-refractivity contribution is 9.10. The normalized spacial score (nSPS) is 11.3. The molecule has 0 fully saturated rings. The van der Waals surface area contributed by atoms with Crippen LogP contribution in [0.5, 0.6) is 0 Å². The maximum atomic E-state index is 6.66. The lowest BCUT2D eigenvalue weighted by Gasteiger charge is -2.26. The van der Waals surface area contributed by atoms with Gasteiger partial charge in [0.15, 0.2) is 0 Å². The Morgan fingerprint density at radius 1 is 0.199 bits per heavy atom. The minimum Gasteiger partial charge on any atom is -0.456 e. The molecular formula is C133H89BrCl2N4O6. The number of hydrogen-bond acceptors (Lipinski definition) is 10. The summed E-state index contributed by atoms with van der Waals surface area (Å²) < 4.78 is 38.4. The minimum absolute atomic E-state index is 0.693. The molecule has 0 bridgehead atoms. The van der Waals surface area contributed by atoms with E-state index >= 15 is 0 Å². The fourth-order valence-electron chi connectivity index (χ4n) is 19.8. The quantitative estimate of drug-likeness (QED) is 0.101. The van der Waals surface area contributed by atoms with E-state index < -0.39 is 0 Å². The van der Waals surface area contributed by atoms with Crippen LogP contribution in [0.15, 0.2) is 553 Å². The van der Waals surface area contributed by atoms with Crippen LogP contribution in [0, 0.1) is 0 Å². The summed E-state index contributed by atoms with van der Waals surface area (Å²) in [5, 5.41) is 17.8. The average molecular weight is 1990 g/mol. The molecule has 0 aliphatic carbocycles. The van der Waals surface area contributed by atoms with Crippen molar-refractivity contribution < 1.29 is 26.5 Å². The Morgan fingerprint density at radius 2 is 0.486 bits per heavy atom. The van der Waals surface area contributed by atoms with Gasteiger partial charge >= 0.3 is 0 Å². The average Bonchev–Trinajstić information content (AvgIpc) is 1.58. The molecule has 6 heterocycles. The van der Waals surface area contributed by atoms with Crippen LogP contribution in [-0.2, 0) is 6.42 Å². The number of hydrogen-bond donors (Lipinski definition) is 1. The first-order valence-corrected chi connectivity index (χ1v) is 50.0. The molecule has 0 amide bonds. The maximum Gasteiger partial charge on any atom is 0.143 e. The third kappa shape index (κ3) is 18.3. The van der Waals surface area contributed by atoms with Crippen LogP contribution in [0.4, 0.5) is 62.6 Å². The van der Waals surface area contributed by atoms with Crippen LogP contribution in [0.3, 0.4) is 0 Å². The van der Waals surface area contributed by atoms with E-state index in [0.717, 1.165) is 243 Å². The summed E-state index contributed by atoms with van der Waals surface area (Å²) in [7, 11) is 0. The summed E-state index contributed by atoms with van der Waals surface area (Å²) in [6, 6.07) is 179. The molecule has 0 unspecified atom stereocenters. The maximum absolute atomic E-state index is 6.66. The van der Waals surface area contributed by atoms with E-state index in [9.17, 15) is 0 Å². The summed E-state index contributed by atoms with van der Waals surface area (Å²) in [5.74, 6) is 0. The van der Waals surface area contributed by atoms with E-state index in [2.05, 4.69) is 424 Å². The molecule has 22 aromatic carbocycles. The van der Waals surface area contributed by atoms with Gasteiger partial charge < -0.3 is 46.5 Å². The third-order valence-corrected chi connectivity index (χ3v) is 27.7. The molecule has 28 rings (SSSR count). The zero-order valence-electron chi connectivity index (χ0n) is 78.8. The smallest absolute Gasteiger partial charge is 0.143 e. The number of anilines is 11. The van der Waals surface area contributed by atoms with Gasteiger partial charge in [0.1, 0.15) is 67.0 Å². The first-order chi connectivity index (χ1) is 72.1. The second-order valence-electron chi connectivity index (χ2n) is 35.7. The van der Waals surface area contributed by atoms with E-state index in [1.807, 2.05) is 133 Å². The molecule has 0 spiro atoms. The van der Waals surface area contributed by atoms with Crippen LogP contribution >= 0.6 is 39.1 Å². The molecule has 1 N–H and O–H groups in total. The molecule has 0 aliphatic rings. The Kier molecular flexibility index (Phi) is 25.1. The van der Waals surface area contributed by atoms with Crippen molar-refractivity contribution in [1.82, 2.24) is 0 Å². The van der Waals surface area contributed by atoms with Crippen molar-refractivity contribution in [2.45, 2.75) is 6.42 Å². The molecule has 0 radical (unpaired) electrons. The monoisotopic (exact) mass is 1990 g/mol. The van der Waals surface area contributed by atoms with Crippen molar-refractivity contribution in [3.8, 4) is 33.4 Å². The zero-order chi connectivity index (χ0) is 97.8. The molecule has 698 valence electrons. The van der Waals surface area contributed by atoms with Gasteiger partial charge in [-0.25, -0.2) is 0 Å². The Labute approximate surface area is 860 Å². The van der Waals surface area contributed by atoms with Gasteiger partial charge in [-0.1, -0.05) is 355 Å². The highest BCUT2D eigenvalue weighted by Gasteiger charge is 2.25. The highest BCUT2D eigenvalue weighted by Crippen LogP contribution is 2.49. The van der Waals surface area contributed by atoms with Gasteiger partial charge in [-0.3, -0.25) is 0 Å². The van der Waals surface area contributed by atoms with Crippen molar-refractivity contribution in [2.24, 2.45) is 0 Å². The highest BCUT2D eigenvalue weighted by atomic mass is 79.9. The Bertz CT molecular complexity index is 9460. The Morgan fingerprint density at radius 3 is 0.890 bits per heavy atom. The Hall–Kier alpha value is -18.1. The zero-order valence-corrected chi connectivity index (χ0v) is 81.9. The second kappa shape index (κ2) is 40.5. The van der Waals surface area contributed by atoms with Crippen molar-refractivity contribution >= 4 is 233 Å². The van der Waals surface area contributed by atoms with Gasteiger partial charge in [0, 0.05) is 149 Å². The lowest BCUT2D eigenvalue weighted by molar-refractivity contribution is 0.668. The van der Waals surface area contributed by atoms with E-state index in [0.29, 0.717) is 5.02 Å². The molecule has 0 saturated carbocycles. The number of fused-ring (bicyclic) bond motifs is 18. The molecule has 0 saturated heterocycles. The fourth-order valence-corrected chi connectivity index (χ4v) is 20.6. The molecular weight excluding hydrogens is 1900 g/mol. The standard InChI is InChI=1S/C48H32N2O2.C36H22ClNO2.C24H17NO.C13H12.C12H6BrClO/c1-4-14-34(15-5-1)49(37-28-26-33(27-29-37)39-21-12-22-41-40-20-10-11-24-44(40)52-48(39)41)38-30-31-42-46(32-38)51-45-25-13-23-43(47(42)45)50(35-16-6-2-7-17-35)36-18-8-3-9-19-36;37-31-13-7-15-33-35(31)30-21-20-26(22-34(30)39-33)38(24-8-2-1-3-9-24)25-18-16-23(17-19-25)27-11-6-12-29-28-10-4-5-14-32(28)40-36(27)29;1-2-7-18(8-3-1)25-19-15-13-17(14-16-19)20-10-6-11-22-21-9-4-5-12-23(21)26-24(20)22;1-3-7-12(8-4-1)11-13-9-5-2-6-10-13;13-7-4-5-8-11(6-7)15-10-3-1-2-9(14)12(8)10/h1-32H;1-22H;1-16,25H;1-10H,11H2;1-6H. The van der Waals surface area contributed by atoms with Gasteiger partial charge in [-0.15, -0.1) is 0 Å².